The van der Waals surface area contributed by atoms with Gasteiger partial charge in [-0.15, -0.1) is 0 Å². The van der Waals surface area contributed by atoms with E-state index in [-0.39, 0.29) is 10.6 Å². The lowest BCUT2D eigenvalue weighted by molar-refractivity contribution is 0.385. The van der Waals surface area contributed by atoms with Gasteiger partial charge in [-0.05, 0) is 48.5 Å². The molecule has 0 heterocycles. The largest absolute Gasteiger partial charge is 0.356 e. The maximum Gasteiger partial charge on any atom is 0.356 e. The Bertz CT molecular complexity index is 709. The Morgan fingerprint density at radius 1 is 0.591 bits per heavy atom. The fourth-order valence-electron chi connectivity index (χ4n) is 1.54. The van der Waals surface area contributed by atoms with Crippen LogP contribution in [0.5, 0.6) is 0 Å². The first-order valence-corrected chi connectivity index (χ1v) is 9.13. The van der Waals surface area contributed by atoms with Crippen molar-refractivity contribution in [3.8, 4) is 0 Å². The van der Waals surface area contributed by atoms with E-state index in [1.807, 2.05) is 0 Å². The molecule has 0 saturated heterocycles. The molecule has 0 aliphatic heterocycles. The van der Waals surface area contributed by atoms with E-state index >= 15 is 0 Å². The number of hydrogen-bond acceptors (Lipinski definition) is 4. The highest BCUT2D eigenvalue weighted by Crippen LogP contribution is 2.34. The summed E-state index contributed by atoms with van der Waals surface area (Å²) in [7, 11) is -8.57. The van der Waals surface area contributed by atoms with Crippen molar-refractivity contribution in [2.75, 3.05) is 0 Å². The molecule has 2 rings (SSSR count). The molecule has 2 aromatic rings. The molecule has 0 unspecified atom stereocenters. The monoisotopic (exact) mass is 342 g/mol. The van der Waals surface area contributed by atoms with E-state index in [2.05, 4.69) is 10.2 Å². The summed E-state index contributed by atoms with van der Waals surface area (Å²) < 4.78 is 22.0. The Balaban J connectivity index is 2.15. The van der Waals surface area contributed by atoms with Crippen LogP contribution in [0.4, 0.5) is 11.4 Å². The van der Waals surface area contributed by atoms with Crippen LogP contribution in [0.15, 0.2) is 58.8 Å². The van der Waals surface area contributed by atoms with Gasteiger partial charge in [0.15, 0.2) is 0 Å². The quantitative estimate of drug-likeness (QED) is 0.492. The number of rotatable bonds is 4. The molecule has 0 atom stereocenters. The van der Waals surface area contributed by atoms with Crippen LogP contribution in [-0.4, -0.2) is 19.6 Å². The molecule has 0 radical (unpaired) electrons. The molecular weight excluding hydrogens is 330 g/mol. The molecule has 116 valence electrons. The van der Waals surface area contributed by atoms with E-state index in [1.54, 1.807) is 0 Å². The molecule has 0 aliphatic rings. The highest BCUT2D eigenvalue weighted by molar-refractivity contribution is 7.60. The second-order valence-corrected chi connectivity index (χ2v) is 7.53. The van der Waals surface area contributed by atoms with Crippen molar-refractivity contribution in [3.63, 3.8) is 0 Å². The molecule has 0 bridgehead atoms. The Morgan fingerprint density at radius 2 is 0.864 bits per heavy atom. The third-order valence-electron chi connectivity index (χ3n) is 2.65. The van der Waals surface area contributed by atoms with E-state index in [4.69, 9.17) is 19.6 Å². The van der Waals surface area contributed by atoms with Crippen LogP contribution in [0.25, 0.3) is 0 Å². The van der Waals surface area contributed by atoms with Crippen LogP contribution in [-0.2, 0) is 9.13 Å². The van der Waals surface area contributed by atoms with Crippen LogP contribution in [0, 0.1) is 0 Å². The Hall–Kier alpha value is -1.66. The predicted octanol–water partition coefficient (Wildman–Crippen LogP) is 1.71. The summed E-state index contributed by atoms with van der Waals surface area (Å²) in [6.45, 7) is 0. The first-order chi connectivity index (χ1) is 10.2. The molecule has 10 heteroatoms. The fraction of sp³-hybridized carbons (Fsp3) is 0. The SMILES string of the molecule is O=P(O)(O)c1ccc(N=Nc2ccc(P(=O)(O)O)cc2)cc1. The maximum absolute atomic E-state index is 11.0. The number of azo groups is 1. The van der Waals surface area contributed by atoms with E-state index < -0.39 is 15.2 Å². The molecule has 4 N–H and O–H groups in total. The van der Waals surface area contributed by atoms with E-state index in [9.17, 15) is 9.13 Å². The van der Waals surface area contributed by atoms with Crippen molar-refractivity contribution in [2.24, 2.45) is 10.2 Å². The molecule has 2 aromatic carbocycles. The highest BCUT2D eigenvalue weighted by Gasteiger charge is 2.16. The third-order valence-corrected chi connectivity index (χ3v) is 4.59. The first-order valence-electron chi connectivity index (χ1n) is 5.90. The van der Waals surface area contributed by atoms with Gasteiger partial charge < -0.3 is 19.6 Å². The van der Waals surface area contributed by atoms with Crippen LogP contribution < -0.4 is 10.6 Å². The lowest BCUT2D eigenvalue weighted by atomic mass is 10.3. The highest BCUT2D eigenvalue weighted by atomic mass is 31.2. The van der Waals surface area contributed by atoms with Crippen molar-refractivity contribution < 1.29 is 28.7 Å². The Kier molecular flexibility index (Phi) is 4.72. The van der Waals surface area contributed by atoms with E-state index in [0.29, 0.717) is 11.4 Å². The molecule has 0 amide bonds. The van der Waals surface area contributed by atoms with Gasteiger partial charge in [0.1, 0.15) is 0 Å². The van der Waals surface area contributed by atoms with Crippen LogP contribution in [0.1, 0.15) is 0 Å². The molecule has 0 aromatic heterocycles. The van der Waals surface area contributed by atoms with Gasteiger partial charge >= 0.3 is 15.2 Å². The zero-order valence-corrected chi connectivity index (χ0v) is 12.8. The summed E-state index contributed by atoms with van der Waals surface area (Å²) in [5, 5.41) is 7.51. The smallest absolute Gasteiger partial charge is 0.321 e. The fourth-order valence-corrected chi connectivity index (χ4v) is 2.62. The molecule has 0 saturated carbocycles. The predicted molar refractivity (Wildman–Crippen MR) is 80.4 cm³/mol. The third kappa shape index (κ3) is 4.42. The van der Waals surface area contributed by atoms with Gasteiger partial charge in [0.2, 0.25) is 0 Å². The molecule has 8 nitrogen and oxygen atoms in total. The number of hydrogen-bond donors (Lipinski definition) is 4. The van der Waals surface area contributed by atoms with Gasteiger partial charge in [-0.25, -0.2) is 0 Å². The van der Waals surface area contributed by atoms with Gasteiger partial charge in [-0.3, -0.25) is 9.13 Å². The molecule has 22 heavy (non-hydrogen) atoms. The molecule has 0 aliphatic carbocycles. The van der Waals surface area contributed by atoms with Gasteiger partial charge in [0.05, 0.1) is 22.0 Å². The standard InChI is InChI=1S/C12H12N2O6P2/c15-21(16,17)11-5-1-9(2-6-11)13-14-10-3-7-12(8-4-10)22(18,19)20/h1-8H,(H2,15,16,17)(H2,18,19,20). The summed E-state index contributed by atoms with van der Waals surface area (Å²) >= 11 is 0. The maximum atomic E-state index is 11.0. The minimum atomic E-state index is -4.28. The average molecular weight is 342 g/mol. The number of nitrogens with zero attached hydrogens (tertiary/aromatic N) is 2. The van der Waals surface area contributed by atoms with Crippen molar-refractivity contribution in [1.29, 1.82) is 0 Å². The topological polar surface area (TPSA) is 140 Å². The summed E-state index contributed by atoms with van der Waals surface area (Å²) in [6, 6.07) is 10.6. The van der Waals surface area contributed by atoms with Crippen molar-refractivity contribution >= 4 is 37.2 Å². The molecule has 0 spiro atoms. The summed E-state index contributed by atoms with van der Waals surface area (Å²) in [4.78, 5) is 35.9. The first kappa shape index (κ1) is 16.7. The Labute approximate surface area is 125 Å². The van der Waals surface area contributed by atoms with Crippen LogP contribution in [0.3, 0.4) is 0 Å². The second-order valence-electron chi connectivity index (χ2n) is 4.32. The van der Waals surface area contributed by atoms with Gasteiger partial charge in [0.25, 0.3) is 0 Å². The molecular formula is C12H12N2O6P2. The van der Waals surface area contributed by atoms with Crippen molar-refractivity contribution in [2.45, 2.75) is 0 Å². The van der Waals surface area contributed by atoms with E-state index in [1.165, 1.54) is 48.5 Å². The normalized spacial score (nSPS) is 12.7. The summed E-state index contributed by atoms with van der Waals surface area (Å²) in [6.07, 6.45) is 0. The Morgan fingerprint density at radius 3 is 1.09 bits per heavy atom. The van der Waals surface area contributed by atoms with Gasteiger partial charge in [-0.2, -0.15) is 10.2 Å². The van der Waals surface area contributed by atoms with Gasteiger partial charge in [0, 0.05) is 0 Å². The minimum absolute atomic E-state index is 0.113. The lowest BCUT2D eigenvalue weighted by Gasteiger charge is -2.03. The van der Waals surface area contributed by atoms with Crippen LogP contribution >= 0.6 is 15.2 Å². The number of benzene rings is 2. The summed E-state index contributed by atoms with van der Waals surface area (Å²) in [5.74, 6) is 0. The molecule has 0 fully saturated rings. The van der Waals surface area contributed by atoms with Crippen LogP contribution in [0.2, 0.25) is 0 Å². The second kappa shape index (κ2) is 6.22. The van der Waals surface area contributed by atoms with Gasteiger partial charge in [-0.1, -0.05) is 0 Å². The zero-order chi connectivity index (χ0) is 16.4. The van der Waals surface area contributed by atoms with Crippen molar-refractivity contribution in [1.82, 2.24) is 0 Å². The summed E-state index contributed by atoms with van der Waals surface area (Å²) in [5.41, 5.74) is 0.771. The van der Waals surface area contributed by atoms with Crippen molar-refractivity contribution in [3.05, 3.63) is 48.5 Å². The zero-order valence-electron chi connectivity index (χ0n) is 11.0. The lowest BCUT2D eigenvalue weighted by Crippen LogP contribution is -2.01. The minimum Gasteiger partial charge on any atom is -0.321 e. The van der Waals surface area contributed by atoms with E-state index in [0.717, 1.165) is 0 Å². The average Bonchev–Trinajstić information content (AvgIpc) is 2.44.